The maximum Gasteiger partial charge on any atom is 0.337 e. The Morgan fingerprint density at radius 2 is 1.75 bits per heavy atom. The van der Waals surface area contributed by atoms with Gasteiger partial charge in [0.1, 0.15) is 6.54 Å². The van der Waals surface area contributed by atoms with Crippen molar-refractivity contribution in [1.82, 2.24) is 0 Å². The van der Waals surface area contributed by atoms with E-state index in [4.69, 9.17) is 0 Å². The molecular formula is C19H23N2O3+. The molecule has 1 amide bonds. The zero-order valence-corrected chi connectivity index (χ0v) is 14.3. The molecule has 0 saturated carbocycles. The molecule has 1 unspecified atom stereocenters. The van der Waals surface area contributed by atoms with Crippen molar-refractivity contribution in [3.05, 3.63) is 65.2 Å². The molecule has 0 heterocycles. The van der Waals surface area contributed by atoms with E-state index in [2.05, 4.69) is 29.1 Å². The highest BCUT2D eigenvalue weighted by molar-refractivity contribution is 5.93. The highest BCUT2D eigenvalue weighted by Gasteiger charge is 2.12. The molecule has 24 heavy (non-hydrogen) atoms. The number of nitrogens with one attached hydrogen (secondary N) is 2. The van der Waals surface area contributed by atoms with Crippen LogP contribution in [0.15, 0.2) is 48.5 Å². The lowest BCUT2D eigenvalue weighted by Gasteiger charge is -2.15. The maximum absolute atomic E-state index is 12.1. The van der Waals surface area contributed by atoms with Crippen molar-refractivity contribution in [3.8, 4) is 0 Å². The summed E-state index contributed by atoms with van der Waals surface area (Å²) in [7, 11) is 3.33. The number of hydrogen-bond acceptors (Lipinski definition) is 3. The second kappa shape index (κ2) is 8.26. The van der Waals surface area contributed by atoms with E-state index in [0.717, 1.165) is 11.4 Å². The smallest absolute Gasteiger partial charge is 0.337 e. The van der Waals surface area contributed by atoms with Crippen molar-refractivity contribution in [2.24, 2.45) is 0 Å². The van der Waals surface area contributed by atoms with E-state index >= 15 is 0 Å². The van der Waals surface area contributed by atoms with Crippen LogP contribution in [-0.2, 0) is 16.1 Å². The average molecular weight is 327 g/mol. The number of esters is 1. The second-order valence-corrected chi connectivity index (χ2v) is 5.85. The molecule has 2 aromatic carbocycles. The van der Waals surface area contributed by atoms with Gasteiger partial charge in [0.2, 0.25) is 0 Å². The Balaban J connectivity index is 1.88. The van der Waals surface area contributed by atoms with Gasteiger partial charge in [-0.15, -0.1) is 0 Å². The number of hydrogen-bond donors (Lipinski definition) is 2. The highest BCUT2D eigenvalue weighted by atomic mass is 16.5. The molecule has 2 aromatic rings. The van der Waals surface area contributed by atoms with Gasteiger partial charge in [0, 0.05) is 11.3 Å². The number of ether oxygens (including phenoxy) is 1. The van der Waals surface area contributed by atoms with Gasteiger partial charge in [-0.2, -0.15) is 0 Å². The summed E-state index contributed by atoms with van der Waals surface area (Å²) in [5.74, 6) is -0.456. The molecule has 5 heteroatoms. The van der Waals surface area contributed by atoms with Gasteiger partial charge in [0.05, 0.1) is 19.7 Å². The van der Waals surface area contributed by atoms with Crippen LogP contribution < -0.4 is 10.2 Å². The molecule has 0 bridgehead atoms. The number of methoxy groups -OCH3 is 1. The van der Waals surface area contributed by atoms with E-state index in [1.54, 1.807) is 24.3 Å². The number of likely N-dealkylation sites (N-methyl/N-ethyl adjacent to an activating group) is 1. The van der Waals surface area contributed by atoms with Crippen LogP contribution in [0.25, 0.3) is 0 Å². The summed E-state index contributed by atoms with van der Waals surface area (Å²) in [6, 6.07) is 14.8. The van der Waals surface area contributed by atoms with Crippen molar-refractivity contribution >= 4 is 17.6 Å². The number of carbonyl (C=O) groups excluding carboxylic acids is 2. The standard InChI is InChI=1S/C19H22N2O3/c1-14-6-4-5-7-16(14)12-21(2)13-18(22)20-17-10-8-15(9-11-17)19(23)24-3/h4-11H,12-13H2,1-3H3,(H,20,22)/p+1. The summed E-state index contributed by atoms with van der Waals surface area (Å²) in [4.78, 5) is 24.6. The Kier molecular flexibility index (Phi) is 6.09. The van der Waals surface area contributed by atoms with Crippen LogP contribution in [-0.4, -0.2) is 32.6 Å². The molecule has 2 rings (SSSR count). The van der Waals surface area contributed by atoms with Crippen LogP contribution in [0.2, 0.25) is 0 Å². The van der Waals surface area contributed by atoms with E-state index in [9.17, 15) is 9.59 Å². The SMILES string of the molecule is COC(=O)c1ccc(NC(=O)C[NH+](C)Cc2ccccc2C)cc1. The van der Waals surface area contributed by atoms with Crippen molar-refractivity contribution in [2.75, 3.05) is 26.0 Å². The van der Waals surface area contributed by atoms with E-state index in [1.807, 2.05) is 19.2 Å². The van der Waals surface area contributed by atoms with Gasteiger partial charge >= 0.3 is 5.97 Å². The molecule has 2 N–H and O–H groups in total. The van der Waals surface area contributed by atoms with E-state index in [0.29, 0.717) is 17.8 Å². The fourth-order valence-corrected chi connectivity index (χ4v) is 2.48. The molecule has 0 aliphatic carbocycles. The lowest BCUT2D eigenvalue weighted by atomic mass is 10.1. The highest BCUT2D eigenvalue weighted by Crippen LogP contribution is 2.10. The Bertz CT molecular complexity index is 711. The largest absolute Gasteiger partial charge is 0.465 e. The van der Waals surface area contributed by atoms with Crippen LogP contribution in [0.5, 0.6) is 0 Å². The van der Waals surface area contributed by atoms with Gasteiger partial charge in [-0.25, -0.2) is 4.79 Å². The maximum atomic E-state index is 12.1. The molecular weight excluding hydrogens is 304 g/mol. The predicted octanol–water partition coefficient (Wildman–Crippen LogP) is 1.44. The summed E-state index contributed by atoms with van der Waals surface area (Å²) in [6.07, 6.45) is 0. The van der Waals surface area contributed by atoms with Gasteiger partial charge in [0.25, 0.3) is 5.91 Å². The topological polar surface area (TPSA) is 59.8 Å². The summed E-state index contributed by atoms with van der Waals surface area (Å²) < 4.78 is 4.65. The predicted molar refractivity (Wildman–Crippen MR) is 93.0 cm³/mol. The number of benzene rings is 2. The second-order valence-electron chi connectivity index (χ2n) is 5.85. The summed E-state index contributed by atoms with van der Waals surface area (Å²) >= 11 is 0. The van der Waals surface area contributed by atoms with Crippen LogP contribution in [0, 0.1) is 6.92 Å². The minimum atomic E-state index is -0.393. The normalized spacial score (nSPS) is 11.6. The van der Waals surface area contributed by atoms with E-state index in [1.165, 1.54) is 18.2 Å². The zero-order chi connectivity index (χ0) is 17.5. The Labute approximate surface area is 142 Å². The van der Waals surface area contributed by atoms with Gasteiger partial charge in [-0.05, 0) is 36.8 Å². The van der Waals surface area contributed by atoms with Gasteiger partial charge in [0.15, 0.2) is 6.54 Å². The molecule has 0 aliphatic heterocycles. The third kappa shape index (κ3) is 4.93. The summed E-state index contributed by atoms with van der Waals surface area (Å²) in [6.45, 7) is 3.24. The third-order valence-corrected chi connectivity index (χ3v) is 3.81. The first-order valence-electron chi connectivity index (χ1n) is 7.83. The number of rotatable bonds is 6. The molecule has 0 aliphatic rings. The number of carbonyl (C=O) groups is 2. The summed E-state index contributed by atoms with van der Waals surface area (Å²) in [5, 5.41) is 2.85. The Hall–Kier alpha value is -2.66. The number of amides is 1. The van der Waals surface area contributed by atoms with Crippen LogP contribution >= 0.6 is 0 Å². The first-order valence-corrected chi connectivity index (χ1v) is 7.83. The number of anilines is 1. The minimum Gasteiger partial charge on any atom is -0.465 e. The van der Waals surface area contributed by atoms with Crippen LogP contribution in [0.3, 0.4) is 0 Å². The van der Waals surface area contributed by atoms with E-state index < -0.39 is 5.97 Å². The fraction of sp³-hybridized carbons (Fsp3) is 0.263. The van der Waals surface area contributed by atoms with Crippen LogP contribution in [0.1, 0.15) is 21.5 Å². The molecule has 0 fully saturated rings. The molecule has 1 atom stereocenters. The zero-order valence-electron chi connectivity index (χ0n) is 14.3. The van der Waals surface area contributed by atoms with Crippen LogP contribution in [0.4, 0.5) is 5.69 Å². The molecule has 0 spiro atoms. The average Bonchev–Trinajstić information content (AvgIpc) is 2.56. The van der Waals surface area contributed by atoms with E-state index in [-0.39, 0.29) is 5.91 Å². The van der Waals surface area contributed by atoms with Crippen molar-refractivity contribution < 1.29 is 19.2 Å². The minimum absolute atomic E-state index is 0.0631. The first-order chi connectivity index (χ1) is 11.5. The first kappa shape index (κ1) is 17.7. The lowest BCUT2D eigenvalue weighted by molar-refractivity contribution is -0.885. The lowest BCUT2D eigenvalue weighted by Crippen LogP contribution is -3.08. The number of aryl methyl sites for hydroxylation is 1. The molecule has 0 aromatic heterocycles. The third-order valence-electron chi connectivity index (χ3n) is 3.81. The molecule has 0 radical (unpaired) electrons. The monoisotopic (exact) mass is 327 g/mol. The van der Waals surface area contributed by atoms with Crippen molar-refractivity contribution in [3.63, 3.8) is 0 Å². The summed E-state index contributed by atoms with van der Waals surface area (Å²) in [5.41, 5.74) is 3.59. The van der Waals surface area contributed by atoms with Gasteiger partial charge in [-0.3, -0.25) is 4.79 Å². The Morgan fingerprint density at radius 1 is 1.08 bits per heavy atom. The quantitative estimate of drug-likeness (QED) is 0.789. The Morgan fingerprint density at radius 3 is 2.38 bits per heavy atom. The molecule has 0 saturated heterocycles. The van der Waals surface area contributed by atoms with Gasteiger partial charge in [-0.1, -0.05) is 24.3 Å². The fourth-order valence-electron chi connectivity index (χ4n) is 2.48. The van der Waals surface area contributed by atoms with Gasteiger partial charge < -0.3 is 15.0 Å². The molecule has 126 valence electrons. The van der Waals surface area contributed by atoms with Crippen molar-refractivity contribution in [2.45, 2.75) is 13.5 Å². The molecule has 5 nitrogen and oxygen atoms in total. The van der Waals surface area contributed by atoms with Crippen molar-refractivity contribution in [1.29, 1.82) is 0 Å². The number of quaternary nitrogens is 1.